The van der Waals surface area contributed by atoms with Gasteiger partial charge in [-0.1, -0.05) is 0 Å². The summed E-state index contributed by atoms with van der Waals surface area (Å²) in [5, 5.41) is 13.7. The molecule has 4 fully saturated rings. The number of amides is 1. The predicted octanol–water partition coefficient (Wildman–Crippen LogP) is 3.46. The molecule has 0 aliphatic heterocycles. The van der Waals surface area contributed by atoms with Crippen LogP contribution < -0.4 is 5.32 Å². The smallest absolute Gasteiger partial charge is 0.348 e. The Morgan fingerprint density at radius 3 is 2.29 bits per heavy atom. The summed E-state index contributed by atoms with van der Waals surface area (Å²) in [4.78, 5) is 24.0. The number of hydrogen-bond acceptors (Lipinski definition) is 3. The van der Waals surface area contributed by atoms with Gasteiger partial charge in [-0.05, 0) is 67.2 Å². The summed E-state index contributed by atoms with van der Waals surface area (Å²) in [6.07, 6.45) is 6.15. The van der Waals surface area contributed by atoms with Gasteiger partial charge in [-0.2, -0.15) is 0 Å². The van der Waals surface area contributed by atoms with Gasteiger partial charge in [0.2, 0.25) is 5.91 Å². The number of carbonyl (C=O) groups is 2. The molecule has 5 rings (SSSR count). The summed E-state index contributed by atoms with van der Waals surface area (Å²) in [5.41, 5.74) is 0.464. The largest absolute Gasteiger partial charge is 0.477 e. The van der Waals surface area contributed by atoms with E-state index in [9.17, 15) is 9.59 Å². The summed E-state index contributed by atoms with van der Waals surface area (Å²) in [5.74, 6) is 1.90. The Labute approximate surface area is 127 Å². The minimum atomic E-state index is -0.967. The average molecular weight is 305 g/mol. The molecule has 1 aromatic heterocycles. The molecule has 21 heavy (non-hydrogen) atoms. The van der Waals surface area contributed by atoms with Crippen molar-refractivity contribution in [2.75, 3.05) is 5.32 Å². The van der Waals surface area contributed by atoms with E-state index in [1.54, 1.807) is 11.4 Å². The maximum atomic E-state index is 12.7. The lowest BCUT2D eigenvalue weighted by atomic mass is 9.51. The highest BCUT2D eigenvalue weighted by atomic mass is 32.1. The van der Waals surface area contributed by atoms with Crippen LogP contribution in [0.1, 0.15) is 41.8 Å². The fourth-order valence-corrected chi connectivity index (χ4v) is 5.83. The molecule has 0 unspecified atom stereocenters. The fourth-order valence-electron chi connectivity index (χ4n) is 5.14. The average Bonchev–Trinajstić information content (AvgIpc) is 2.85. The Balaban J connectivity index is 1.53. The molecule has 0 atom stereocenters. The third-order valence-electron chi connectivity index (χ3n) is 5.65. The maximum Gasteiger partial charge on any atom is 0.348 e. The second kappa shape index (κ2) is 4.83. The van der Waals surface area contributed by atoms with Gasteiger partial charge in [0.1, 0.15) is 4.88 Å². The second-order valence-electron chi connectivity index (χ2n) is 6.91. The molecule has 1 amide bonds. The van der Waals surface area contributed by atoms with Crippen LogP contribution in [0.3, 0.4) is 0 Å². The lowest BCUT2D eigenvalue weighted by Gasteiger charge is -2.53. The molecule has 4 nitrogen and oxygen atoms in total. The number of hydrogen-bond donors (Lipinski definition) is 2. The Morgan fingerprint density at radius 1 is 1.10 bits per heavy atom. The van der Waals surface area contributed by atoms with Gasteiger partial charge < -0.3 is 10.4 Å². The molecule has 1 aromatic rings. The number of carboxylic acids is 1. The normalized spacial score (nSPS) is 36.7. The van der Waals surface area contributed by atoms with Gasteiger partial charge in [-0.25, -0.2) is 4.79 Å². The van der Waals surface area contributed by atoms with Gasteiger partial charge in [0.05, 0.1) is 5.69 Å². The van der Waals surface area contributed by atoms with Gasteiger partial charge in [-0.15, -0.1) is 11.3 Å². The third kappa shape index (κ3) is 2.18. The van der Waals surface area contributed by atoms with E-state index in [4.69, 9.17) is 5.11 Å². The van der Waals surface area contributed by atoms with Crippen molar-refractivity contribution in [1.29, 1.82) is 0 Å². The summed E-state index contributed by atoms with van der Waals surface area (Å²) in [6.45, 7) is 0. The zero-order chi connectivity index (χ0) is 14.6. The second-order valence-corrected chi connectivity index (χ2v) is 7.83. The number of anilines is 1. The lowest BCUT2D eigenvalue weighted by Crippen LogP contribution is -2.49. The number of nitrogens with one attached hydrogen (secondary N) is 1. The molecule has 0 aromatic carbocycles. The van der Waals surface area contributed by atoms with Gasteiger partial charge in [0, 0.05) is 5.92 Å². The van der Waals surface area contributed by atoms with E-state index in [0.717, 1.165) is 23.2 Å². The van der Waals surface area contributed by atoms with Crippen LogP contribution in [-0.2, 0) is 4.79 Å². The first-order chi connectivity index (χ1) is 10.1. The van der Waals surface area contributed by atoms with Crippen molar-refractivity contribution in [2.45, 2.75) is 32.1 Å². The van der Waals surface area contributed by atoms with E-state index >= 15 is 0 Å². The molecule has 0 radical (unpaired) electrons. The number of thiophene rings is 1. The van der Waals surface area contributed by atoms with E-state index in [1.807, 2.05) is 0 Å². The molecule has 1 heterocycles. The summed E-state index contributed by atoms with van der Waals surface area (Å²) in [7, 11) is 0. The maximum absolute atomic E-state index is 12.7. The standard InChI is InChI=1S/C16H19NO3S/c18-15(17-12-1-2-21-14(12)16(19)20)13-10-4-8-3-9(6-10)7-11(13)5-8/h1-2,8-11,13H,3-7H2,(H,17,18)(H,19,20). The van der Waals surface area contributed by atoms with Crippen LogP contribution in [0.25, 0.3) is 0 Å². The van der Waals surface area contributed by atoms with Crippen molar-refractivity contribution >= 4 is 28.9 Å². The Kier molecular flexibility index (Phi) is 3.06. The van der Waals surface area contributed by atoms with Crippen LogP contribution in [0.2, 0.25) is 0 Å². The predicted molar refractivity (Wildman–Crippen MR) is 80.4 cm³/mol. The zero-order valence-corrected chi connectivity index (χ0v) is 12.6. The van der Waals surface area contributed by atoms with E-state index in [1.165, 1.54) is 32.1 Å². The monoisotopic (exact) mass is 305 g/mol. The Morgan fingerprint density at radius 2 is 1.71 bits per heavy atom. The van der Waals surface area contributed by atoms with E-state index < -0.39 is 5.97 Å². The van der Waals surface area contributed by atoms with Gasteiger partial charge >= 0.3 is 5.97 Å². The molecule has 4 saturated carbocycles. The van der Waals surface area contributed by atoms with Crippen molar-refractivity contribution in [3.63, 3.8) is 0 Å². The molecule has 5 heteroatoms. The van der Waals surface area contributed by atoms with Gasteiger partial charge in [0.15, 0.2) is 0 Å². The minimum absolute atomic E-state index is 0.0460. The molecule has 2 N–H and O–H groups in total. The molecule has 4 aliphatic rings. The van der Waals surface area contributed by atoms with Crippen LogP contribution in [0, 0.1) is 29.6 Å². The molecule has 112 valence electrons. The lowest BCUT2D eigenvalue weighted by molar-refractivity contribution is -0.132. The first-order valence-corrected chi connectivity index (χ1v) is 8.61. The van der Waals surface area contributed by atoms with E-state index in [-0.39, 0.29) is 16.7 Å². The van der Waals surface area contributed by atoms with Crippen molar-refractivity contribution in [3.8, 4) is 0 Å². The van der Waals surface area contributed by atoms with Gasteiger partial charge in [0.25, 0.3) is 0 Å². The van der Waals surface area contributed by atoms with Crippen LogP contribution >= 0.6 is 11.3 Å². The molecule has 4 aliphatic carbocycles. The number of aromatic carboxylic acids is 1. The van der Waals surface area contributed by atoms with E-state index in [2.05, 4.69) is 5.32 Å². The van der Waals surface area contributed by atoms with Crippen molar-refractivity contribution in [3.05, 3.63) is 16.3 Å². The van der Waals surface area contributed by atoms with Crippen molar-refractivity contribution in [1.82, 2.24) is 0 Å². The zero-order valence-electron chi connectivity index (χ0n) is 11.7. The van der Waals surface area contributed by atoms with Crippen molar-refractivity contribution in [2.24, 2.45) is 29.6 Å². The Bertz CT molecular complexity index is 566. The summed E-state index contributed by atoms with van der Waals surface area (Å²) < 4.78 is 0. The fraction of sp³-hybridized carbons (Fsp3) is 0.625. The minimum Gasteiger partial charge on any atom is -0.477 e. The number of carbonyl (C=O) groups excluding carboxylic acids is 1. The SMILES string of the molecule is O=C(O)c1sccc1NC(=O)C1C2CC3CC(C2)CC1C3. The highest BCUT2D eigenvalue weighted by Crippen LogP contribution is 2.56. The number of carboxylic acid groups (broad SMARTS) is 1. The third-order valence-corrected chi connectivity index (χ3v) is 6.55. The number of rotatable bonds is 3. The first-order valence-electron chi connectivity index (χ1n) is 7.73. The highest BCUT2D eigenvalue weighted by Gasteiger charge is 2.50. The molecule has 0 saturated heterocycles. The van der Waals surface area contributed by atoms with Gasteiger partial charge in [-0.3, -0.25) is 4.79 Å². The van der Waals surface area contributed by atoms with Crippen LogP contribution in [0.4, 0.5) is 5.69 Å². The quantitative estimate of drug-likeness (QED) is 0.898. The Hall–Kier alpha value is -1.36. The van der Waals surface area contributed by atoms with Crippen LogP contribution in [0.5, 0.6) is 0 Å². The molecular weight excluding hydrogens is 286 g/mol. The summed E-state index contributed by atoms with van der Waals surface area (Å²) in [6, 6.07) is 1.70. The molecular formula is C16H19NO3S. The highest BCUT2D eigenvalue weighted by molar-refractivity contribution is 7.12. The summed E-state index contributed by atoms with van der Waals surface area (Å²) >= 11 is 1.16. The topological polar surface area (TPSA) is 66.4 Å². The first kappa shape index (κ1) is 13.3. The van der Waals surface area contributed by atoms with E-state index in [0.29, 0.717) is 17.5 Å². The van der Waals surface area contributed by atoms with Crippen LogP contribution in [-0.4, -0.2) is 17.0 Å². The molecule has 4 bridgehead atoms. The van der Waals surface area contributed by atoms with Crippen molar-refractivity contribution < 1.29 is 14.7 Å². The van der Waals surface area contributed by atoms with Crippen LogP contribution in [0.15, 0.2) is 11.4 Å². The molecule has 0 spiro atoms.